The molecule has 4 aromatic carbocycles. The Kier molecular flexibility index (Phi) is 36.8. The molecule has 40 nitrogen and oxygen atoms in total. The Morgan fingerprint density at radius 3 is 1.17 bits per heavy atom. The van der Waals surface area contributed by atoms with Crippen molar-refractivity contribution < 1.29 is 99.1 Å². The number of methoxy groups -OCH3 is 3. The second-order valence-electron chi connectivity index (χ2n) is 37.7. The molecule has 8 aliphatic rings. The van der Waals surface area contributed by atoms with E-state index < -0.39 is 55.1 Å². The summed E-state index contributed by atoms with van der Waals surface area (Å²) in [5.74, 6) is 5.14. The molecule has 8 aliphatic heterocycles. The zero-order chi connectivity index (χ0) is 107. The van der Waals surface area contributed by atoms with Crippen LogP contribution < -0.4 is 70.4 Å². The van der Waals surface area contributed by atoms with Crippen LogP contribution in [-0.4, -0.2) is 222 Å². The quantitative estimate of drug-likeness (QED) is 0.0130. The number of benzene rings is 4. The number of anilines is 4. The molecule has 0 aliphatic carbocycles. The Hall–Kier alpha value is -12.3. The summed E-state index contributed by atoms with van der Waals surface area (Å²) in [5.41, 5.74) is 46.3. The van der Waals surface area contributed by atoms with Gasteiger partial charge in [-0.1, -0.05) is 86.5 Å². The van der Waals surface area contributed by atoms with Gasteiger partial charge in [-0.05, 0) is 186 Å². The Bertz CT molecular complexity index is 6740. The summed E-state index contributed by atoms with van der Waals surface area (Å²) in [6, 6.07) is 33.1. The van der Waals surface area contributed by atoms with Crippen LogP contribution in [0.5, 0.6) is 17.6 Å². The fraction of sp³-hybridized carbons (Fsp3) is 0.416. The number of nitrogens with two attached hydrogens (primary N) is 5. The minimum atomic E-state index is -1.06. The first-order chi connectivity index (χ1) is 70.8. The van der Waals surface area contributed by atoms with E-state index in [1.54, 1.807) is 74.7 Å². The second kappa shape index (κ2) is 48.8. The summed E-state index contributed by atoms with van der Waals surface area (Å²) in [5, 5.41) is 21.9. The van der Waals surface area contributed by atoms with Crippen LogP contribution in [0, 0.1) is 51.0 Å². The highest BCUT2D eigenvalue weighted by Crippen LogP contribution is 2.43. The third-order valence-corrected chi connectivity index (χ3v) is 26.4. The van der Waals surface area contributed by atoms with Gasteiger partial charge < -0.3 is 95.2 Å². The van der Waals surface area contributed by atoms with Crippen molar-refractivity contribution in [2.24, 2.45) is 20.9 Å². The van der Waals surface area contributed by atoms with Gasteiger partial charge in [0.2, 0.25) is 41.4 Å². The van der Waals surface area contributed by atoms with E-state index in [1.165, 1.54) is 62.8 Å². The molecule has 7 aromatic heterocycles. The number of nitrogens with one attached hydrogen (secondary N) is 4. The number of aromatic nitrogens is 11. The molecule has 4 saturated heterocycles. The van der Waals surface area contributed by atoms with E-state index in [4.69, 9.17) is 128 Å². The third kappa shape index (κ3) is 28.7. The van der Waals surface area contributed by atoms with Crippen molar-refractivity contribution in [2.45, 2.75) is 200 Å². The van der Waals surface area contributed by atoms with Crippen molar-refractivity contribution in [3.05, 3.63) is 250 Å². The van der Waals surface area contributed by atoms with Crippen LogP contribution in [0.15, 0.2) is 151 Å². The Balaban J connectivity index is 0.000000146. The maximum Gasteiger partial charge on any atom is 0.514 e. The normalized spacial score (nSPS) is 20.2. The van der Waals surface area contributed by atoms with E-state index >= 15 is 0 Å². The first kappa shape index (κ1) is 112. The summed E-state index contributed by atoms with van der Waals surface area (Å²) in [4.78, 5) is 84.2. The molecule has 0 radical (unpaired) electrons. The fourth-order valence-electron chi connectivity index (χ4n) is 17.2. The van der Waals surface area contributed by atoms with E-state index in [0.29, 0.717) is 158 Å². The maximum atomic E-state index is 14.4. The minimum absolute atomic E-state index is 0.0139. The summed E-state index contributed by atoms with van der Waals surface area (Å²) in [7, 11) is 4.21. The number of thiocarbonyl (C=S) groups is 1. The van der Waals surface area contributed by atoms with Crippen LogP contribution in [0.25, 0.3) is 22.5 Å². The molecule has 149 heavy (non-hydrogen) atoms. The number of aliphatic hydroxyl groups is 2. The summed E-state index contributed by atoms with van der Waals surface area (Å²) in [6.45, 7) is 28.3. The lowest BCUT2D eigenvalue weighted by atomic mass is 9.84. The number of pyridine rings is 3. The van der Waals surface area contributed by atoms with Crippen molar-refractivity contribution in [1.82, 2.24) is 76.6 Å². The topological polar surface area (TPSA) is 536 Å². The summed E-state index contributed by atoms with van der Waals surface area (Å²) < 4.78 is 118. The lowest BCUT2D eigenvalue weighted by Gasteiger charge is -2.32. The molecule has 0 saturated carbocycles. The number of aliphatic imine (C=N–C) groups is 3. The first-order valence-corrected chi connectivity index (χ1v) is 49.4. The van der Waals surface area contributed by atoms with Crippen LogP contribution in [0.4, 0.5) is 41.4 Å². The van der Waals surface area contributed by atoms with E-state index in [9.17, 15) is 22.7 Å². The number of nitrogens with zero attached hydrogens (tertiary/aromatic N) is 14. The molecule has 11 aromatic rings. The molecule has 16 N–H and O–H groups in total. The molecule has 0 spiro atoms. The number of rotatable bonds is 22. The number of halogens is 6. The van der Waals surface area contributed by atoms with E-state index in [2.05, 4.69) is 113 Å². The van der Waals surface area contributed by atoms with Gasteiger partial charge in [-0.3, -0.25) is 29.5 Å². The molecule has 15 heterocycles. The fourth-order valence-corrected chi connectivity index (χ4v) is 18.8. The predicted octanol–water partition coefficient (Wildman–Crippen LogP) is 12.0. The average molecular weight is 2210 g/mol. The molecule has 0 unspecified atom stereocenters. The van der Waals surface area contributed by atoms with Crippen LogP contribution in [0.1, 0.15) is 183 Å². The van der Waals surface area contributed by atoms with E-state index in [0.717, 1.165) is 61.6 Å². The van der Waals surface area contributed by atoms with Crippen molar-refractivity contribution in [3.8, 4) is 40.2 Å². The highest BCUT2D eigenvalue weighted by Gasteiger charge is 2.53. The van der Waals surface area contributed by atoms with E-state index in [1.807, 2.05) is 108 Å². The number of amidine groups is 3. The van der Waals surface area contributed by atoms with Crippen LogP contribution in [0.3, 0.4) is 0 Å². The van der Waals surface area contributed by atoms with Gasteiger partial charge in [0.25, 0.3) is 0 Å². The standard InChI is InChI=1S/C26H29FN6O4.C23H25FN6O4.C20H23BrFN5O3.C14H12BrFN4S.C12H18BNO3.C6H13NO3/c1-14-23-21(32-25(28)29-14)11-20(31-24(23)33-36-13-16-12-35-26(2,3)37-16)17-9-8-15(27)10-18(17)19-6-5-7-22(30-19)34-4;1-12-21-19(29-23(25)26-12)9-18(28-22(21)30-34-11-14(32)10-31)15-7-6-13(24)8-16(15)17-4-3-5-20(27-17)33-2;1-10-17-16(26-19(23)24-10)7-15(13-5-4-11(22)6-14(13)21)25-18(17)27-29-9-12-8-28-20(2,3)30-12;1-6-12-11(20-14(17)18-6)5-10(19-13(12)21)8-3-2-7(16)4-9(8)15;1-11(2)12(3,4)17-13(16-11)9-7-6-8-10(14-9)15-5;1-6(2)8-3-5(10-6)4-9-7/h5-10,16,20H,11-13H2,1-4H3,(H,31,33)(H2,28,29,32);3-8,14,18,31-32H,9-11H2,1-2H3,(H,28,30)(H2,25,26,29);4-6,12,15H,7-9H2,1-3H3,(H,25,27)(H2,23,24,26);2-4,10H,5H2,1H3,(H,19,21)(H2,17,18,20);6-8H,1-5H3;5H,3-4,7H2,1-2H3/t16-,20-;14-,18-;12-,15-;10-;;5-/m1111.1/s1. The Labute approximate surface area is 881 Å². The van der Waals surface area contributed by atoms with Crippen LogP contribution in [0.2, 0.25) is 0 Å². The first-order valence-electron chi connectivity index (χ1n) is 47.4. The third-order valence-electron chi connectivity index (χ3n) is 24.7. The lowest BCUT2D eigenvalue weighted by molar-refractivity contribution is -0.147. The molecule has 8 atom stereocenters. The van der Waals surface area contributed by atoms with Gasteiger partial charge >= 0.3 is 7.12 Å². The average Bonchev–Trinajstić information content (AvgIpc) is 1.74. The molecule has 4 fully saturated rings. The van der Waals surface area contributed by atoms with Gasteiger partial charge in [0, 0.05) is 64.0 Å². The monoisotopic (exact) mass is 2200 g/mol. The number of aliphatic hydroxyl groups excluding tert-OH is 2. The number of fused-ring (bicyclic) bond motifs is 4. The molecule has 0 amide bonds. The highest BCUT2D eigenvalue weighted by molar-refractivity contribution is 9.10. The van der Waals surface area contributed by atoms with Crippen molar-refractivity contribution in [2.75, 3.05) is 97.1 Å². The number of hydrogen-bond donors (Lipinski definition) is 11. The van der Waals surface area contributed by atoms with Gasteiger partial charge in [-0.15, -0.1) is 0 Å². The largest absolute Gasteiger partial charge is 0.514 e. The van der Waals surface area contributed by atoms with Gasteiger partial charge in [0.05, 0.1) is 175 Å². The summed E-state index contributed by atoms with van der Waals surface area (Å²) in [6.07, 6.45) is 0.453. The molecule has 19 rings (SSSR count). The molecule has 792 valence electrons. The molecular formula is C101H120BBr2F4N23O17S. The SMILES string of the molecule is CC1(C)OC[C@H](CON)O1.COc1cccc(-c2cc(F)ccc2[C@H]2Cc3nc(N)nc(C)c3C(NOC[C@H](O)CO)=N2)n1.COc1cccc(-c2cc(F)ccc2[C@H]2Cc3nc(N)nc(C)c3C(NOC[C@H]3COC(C)(C)O3)=N2)n1.COc1cccc(B2OC(C)(C)C(C)(C)O2)n1.Cc1nc(N)nc2c1C(=S)N[C@@H](c1ccc(F)cc1Br)C2.Cc1nc(N)nc2c1C(NOC[C@H]1COC(C)(C)O1)=N[C@@H](c1ccc(F)cc1Br)C2. The maximum absolute atomic E-state index is 14.4. The van der Waals surface area contributed by atoms with E-state index in [-0.39, 0.29) is 103 Å². The number of nitrogen functional groups attached to an aromatic ring is 4. The molecular weight excluding hydrogens is 2090 g/mol. The minimum Gasteiger partial charge on any atom is -0.481 e. The second-order valence-corrected chi connectivity index (χ2v) is 39.8. The van der Waals surface area contributed by atoms with Crippen LogP contribution in [-0.2, 0) is 82.8 Å². The van der Waals surface area contributed by atoms with Crippen LogP contribution >= 0.6 is 44.1 Å². The smallest absolute Gasteiger partial charge is 0.481 e. The van der Waals surface area contributed by atoms with Gasteiger partial charge in [-0.25, -0.2) is 94.7 Å². The van der Waals surface area contributed by atoms with Crippen molar-refractivity contribution >= 4 is 103 Å². The lowest BCUT2D eigenvalue weighted by Crippen LogP contribution is -2.41. The predicted molar refractivity (Wildman–Crippen MR) is 557 cm³/mol. The molecule has 48 heteroatoms. The number of aryl methyl sites for hydroxylation is 4. The van der Waals surface area contributed by atoms with Gasteiger partial charge in [0.1, 0.15) is 72.5 Å². The van der Waals surface area contributed by atoms with Crippen molar-refractivity contribution in [3.63, 3.8) is 0 Å². The number of hydrogen-bond acceptors (Lipinski definition) is 40. The van der Waals surface area contributed by atoms with Gasteiger partial charge in [-0.2, -0.15) is 0 Å². The Morgan fingerprint density at radius 2 is 0.799 bits per heavy atom. The molecule has 0 bridgehead atoms. The summed E-state index contributed by atoms with van der Waals surface area (Å²) >= 11 is 12.2. The van der Waals surface area contributed by atoms with Gasteiger partial charge in [0.15, 0.2) is 34.9 Å². The number of ether oxygens (including phenoxy) is 9. The zero-order valence-corrected chi connectivity index (χ0v) is 89.1. The number of hydroxylamine groups is 3. The Morgan fingerprint density at radius 1 is 0.450 bits per heavy atom. The van der Waals surface area contributed by atoms with Crippen molar-refractivity contribution in [1.29, 1.82) is 0 Å². The highest BCUT2D eigenvalue weighted by atomic mass is 79.9. The zero-order valence-electron chi connectivity index (χ0n) is 85.1.